The first-order chi connectivity index (χ1) is 14.4. The van der Waals surface area contributed by atoms with Crippen LogP contribution in [0.25, 0.3) is 0 Å². The molecule has 1 aromatic heterocycles. The highest BCUT2D eigenvalue weighted by molar-refractivity contribution is 5.89. The molecular formula is C18H20N6O6. The molecule has 3 N–H and O–H groups in total. The molecular weight excluding hydrogens is 396 g/mol. The van der Waals surface area contributed by atoms with Crippen molar-refractivity contribution in [1.29, 1.82) is 0 Å². The molecule has 0 saturated carbocycles. The van der Waals surface area contributed by atoms with E-state index in [1.807, 2.05) is 0 Å². The zero-order chi connectivity index (χ0) is 21.7. The number of ether oxygens (including phenoxy) is 2. The number of anilines is 1. The summed E-state index contributed by atoms with van der Waals surface area (Å²) in [6.45, 7) is 0.0510. The van der Waals surface area contributed by atoms with E-state index in [1.54, 1.807) is 24.3 Å². The molecule has 2 heterocycles. The Kier molecular flexibility index (Phi) is 6.25. The molecule has 1 aliphatic rings. The van der Waals surface area contributed by atoms with Gasteiger partial charge in [0.1, 0.15) is 23.9 Å². The predicted molar refractivity (Wildman–Crippen MR) is 104 cm³/mol. The minimum absolute atomic E-state index is 0.0322. The summed E-state index contributed by atoms with van der Waals surface area (Å²) in [7, 11) is 1.52. The monoisotopic (exact) mass is 416 g/mol. The number of carbonyl (C=O) groups excluding carboxylic acids is 2. The quantitative estimate of drug-likeness (QED) is 0.467. The number of amides is 2. The Morgan fingerprint density at radius 2 is 2.00 bits per heavy atom. The fraction of sp³-hybridized carbons (Fsp3) is 0.333. The number of methoxy groups -OCH3 is 1. The summed E-state index contributed by atoms with van der Waals surface area (Å²) in [5.74, 6) is -0.510. The standard InChI is InChI=1S/C18H20N6O6/c1-29-11-4-6-12(7-5-11)30-18-15(24(27)28)16(21-10-22-18)23-8-2-3-13(23)17(26)20-9-14(19)25/h4-7,10,13H,2-3,8-9H2,1H3,(H2,19,25)(H,20,26). The molecule has 0 aliphatic carbocycles. The van der Waals surface area contributed by atoms with E-state index in [9.17, 15) is 19.7 Å². The van der Waals surface area contributed by atoms with Crippen molar-refractivity contribution < 1.29 is 24.0 Å². The van der Waals surface area contributed by atoms with E-state index in [0.717, 1.165) is 6.33 Å². The molecule has 1 fully saturated rings. The number of aromatic nitrogens is 2. The van der Waals surface area contributed by atoms with Crippen molar-refractivity contribution in [1.82, 2.24) is 15.3 Å². The van der Waals surface area contributed by atoms with E-state index in [2.05, 4.69) is 15.3 Å². The van der Waals surface area contributed by atoms with Crippen LogP contribution in [0.15, 0.2) is 30.6 Å². The van der Waals surface area contributed by atoms with Crippen LogP contribution in [0, 0.1) is 10.1 Å². The Balaban J connectivity index is 1.90. The van der Waals surface area contributed by atoms with Gasteiger partial charge in [-0.1, -0.05) is 0 Å². The second-order valence-electron chi connectivity index (χ2n) is 6.42. The first kappa shape index (κ1) is 20.8. The average molecular weight is 416 g/mol. The van der Waals surface area contributed by atoms with Crippen molar-refractivity contribution in [2.75, 3.05) is 25.1 Å². The fourth-order valence-corrected chi connectivity index (χ4v) is 3.14. The molecule has 30 heavy (non-hydrogen) atoms. The molecule has 0 radical (unpaired) electrons. The van der Waals surface area contributed by atoms with Crippen LogP contribution in [0.4, 0.5) is 11.5 Å². The summed E-state index contributed by atoms with van der Waals surface area (Å²) >= 11 is 0. The molecule has 1 aromatic carbocycles. The van der Waals surface area contributed by atoms with E-state index in [0.29, 0.717) is 30.9 Å². The van der Waals surface area contributed by atoms with Gasteiger partial charge in [0.2, 0.25) is 17.6 Å². The number of hydrogen-bond acceptors (Lipinski definition) is 9. The summed E-state index contributed by atoms with van der Waals surface area (Å²) in [5, 5.41) is 14.2. The SMILES string of the molecule is COc1ccc(Oc2ncnc(N3CCCC3C(=O)NCC(N)=O)c2[N+](=O)[O-])cc1. The summed E-state index contributed by atoms with van der Waals surface area (Å²) in [5.41, 5.74) is 4.60. The van der Waals surface area contributed by atoms with Gasteiger partial charge in [-0.05, 0) is 37.1 Å². The topological polar surface area (TPSA) is 163 Å². The number of nitrogens with one attached hydrogen (secondary N) is 1. The minimum Gasteiger partial charge on any atom is -0.497 e. The summed E-state index contributed by atoms with van der Waals surface area (Å²) in [6, 6.07) is 5.72. The Hall–Kier alpha value is -3.96. The zero-order valence-electron chi connectivity index (χ0n) is 16.1. The van der Waals surface area contributed by atoms with Crippen LogP contribution >= 0.6 is 0 Å². The molecule has 0 bridgehead atoms. The van der Waals surface area contributed by atoms with Gasteiger partial charge in [0.05, 0.1) is 18.6 Å². The average Bonchev–Trinajstić information content (AvgIpc) is 3.22. The Labute approximate surface area is 171 Å². The maximum absolute atomic E-state index is 12.4. The molecule has 12 heteroatoms. The number of benzene rings is 1. The van der Waals surface area contributed by atoms with Crippen molar-refractivity contribution in [2.24, 2.45) is 5.73 Å². The largest absolute Gasteiger partial charge is 0.497 e. The molecule has 1 aliphatic heterocycles. The van der Waals surface area contributed by atoms with Gasteiger partial charge in [0.25, 0.3) is 0 Å². The molecule has 3 rings (SSSR count). The van der Waals surface area contributed by atoms with E-state index in [4.69, 9.17) is 15.2 Å². The Bertz CT molecular complexity index is 951. The van der Waals surface area contributed by atoms with E-state index in [1.165, 1.54) is 12.0 Å². The first-order valence-corrected chi connectivity index (χ1v) is 9.04. The number of nitro groups is 1. The fourth-order valence-electron chi connectivity index (χ4n) is 3.14. The second-order valence-corrected chi connectivity index (χ2v) is 6.42. The number of carbonyl (C=O) groups is 2. The molecule has 1 atom stereocenters. The van der Waals surface area contributed by atoms with Crippen molar-refractivity contribution in [3.63, 3.8) is 0 Å². The maximum atomic E-state index is 12.4. The van der Waals surface area contributed by atoms with E-state index >= 15 is 0 Å². The van der Waals surface area contributed by atoms with Gasteiger partial charge >= 0.3 is 11.6 Å². The van der Waals surface area contributed by atoms with Crippen LogP contribution in [-0.2, 0) is 9.59 Å². The highest BCUT2D eigenvalue weighted by atomic mass is 16.6. The van der Waals surface area contributed by atoms with E-state index < -0.39 is 28.5 Å². The van der Waals surface area contributed by atoms with Crippen LogP contribution in [0.2, 0.25) is 0 Å². The van der Waals surface area contributed by atoms with Crippen LogP contribution < -0.4 is 25.4 Å². The van der Waals surface area contributed by atoms with Gasteiger partial charge in [0, 0.05) is 6.54 Å². The number of nitrogens with zero attached hydrogens (tertiary/aromatic N) is 4. The zero-order valence-corrected chi connectivity index (χ0v) is 16.1. The summed E-state index contributed by atoms with van der Waals surface area (Å²) in [6.07, 6.45) is 2.20. The third kappa shape index (κ3) is 4.54. The summed E-state index contributed by atoms with van der Waals surface area (Å²) in [4.78, 5) is 44.0. The Morgan fingerprint density at radius 1 is 1.30 bits per heavy atom. The molecule has 1 saturated heterocycles. The normalized spacial score (nSPS) is 15.5. The van der Waals surface area contributed by atoms with Gasteiger partial charge < -0.3 is 25.4 Å². The molecule has 1 unspecified atom stereocenters. The molecule has 2 amide bonds. The molecule has 12 nitrogen and oxygen atoms in total. The van der Waals surface area contributed by atoms with Crippen LogP contribution in [0.1, 0.15) is 12.8 Å². The first-order valence-electron chi connectivity index (χ1n) is 9.04. The van der Waals surface area contributed by atoms with Gasteiger partial charge in [0.15, 0.2) is 0 Å². The Morgan fingerprint density at radius 3 is 2.63 bits per heavy atom. The van der Waals surface area contributed by atoms with Crippen LogP contribution in [-0.4, -0.2) is 52.9 Å². The maximum Gasteiger partial charge on any atom is 0.373 e. The number of rotatable bonds is 8. The lowest BCUT2D eigenvalue weighted by Crippen LogP contribution is -2.46. The highest BCUT2D eigenvalue weighted by Gasteiger charge is 2.38. The molecule has 158 valence electrons. The van der Waals surface area contributed by atoms with Crippen molar-refractivity contribution >= 4 is 23.3 Å². The molecule has 2 aromatic rings. The second kappa shape index (κ2) is 9.03. The number of nitrogens with two attached hydrogens (primary N) is 1. The van der Waals surface area contributed by atoms with E-state index in [-0.39, 0.29) is 18.2 Å². The van der Waals surface area contributed by atoms with Gasteiger partial charge in [-0.15, -0.1) is 0 Å². The number of hydrogen-bond donors (Lipinski definition) is 2. The van der Waals surface area contributed by atoms with Crippen LogP contribution in [0.5, 0.6) is 17.4 Å². The van der Waals surface area contributed by atoms with Gasteiger partial charge in [-0.3, -0.25) is 19.7 Å². The predicted octanol–water partition coefficient (Wildman–Crippen LogP) is 0.756. The van der Waals surface area contributed by atoms with Crippen molar-refractivity contribution in [2.45, 2.75) is 18.9 Å². The van der Waals surface area contributed by atoms with Gasteiger partial charge in [-0.25, -0.2) is 4.98 Å². The third-order valence-electron chi connectivity index (χ3n) is 4.49. The van der Waals surface area contributed by atoms with Gasteiger partial charge in [-0.2, -0.15) is 4.98 Å². The van der Waals surface area contributed by atoms with Crippen molar-refractivity contribution in [3.8, 4) is 17.4 Å². The lowest BCUT2D eigenvalue weighted by molar-refractivity contribution is -0.385. The minimum atomic E-state index is -0.730. The third-order valence-corrected chi connectivity index (χ3v) is 4.49. The van der Waals surface area contributed by atoms with Crippen molar-refractivity contribution in [3.05, 3.63) is 40.7 Å². The lowest BCUT2D eigenvalue weighted by atomic mass is 10.2. The lowest BCUT2D eigenvalue weighted by Gasteiger charge is -2.24. The van der Waals surface area contributed by atoms with Crippen LogP contribution in [0.3, 0.4) is 0 Å². The molecule has 0 spiro atoms. The highest BCUT2D eigenvalue weighted by Crippen LogP contribution is 2.38. The summed E-state index contributed by atoms with van der Waals surface area (Å²) < 4.78 is 10.7. The smallest absolute Gasteiger partial charge is 0.373 e. The number of primary amides is 1.